The van der Waals surface area contributed by atoms with E-state index in [4.69, 9.17) is 4.99 Å². The number of aliphatic imine (C=N–C) groups is 1. The topological polar surface area (TPSA) is 75.0 Å². The molecular formula is C24H22N4O2Zn. The minimum absolute atomic E-state index is 0. The molecular weight excluding hydrogens is 442 g/mol. The van der Waals surface area contributed by atoms with Gasteiger partial charge < -0.3 is 10.2 Å². The molecule has 6 nitrogen and oxygen atoms in total. The Morgan fingerprint density at radius 3 is 2.10 bits per heavy atom. The Morgan fingerprint density at radius 1 is 0.806 bits per heavy atom. The summed E-state index contributed by atoms with van der Waals surface area (Å²) in [5, 5.41) is 20.3. The maximum absolute atomic E-state index is 10.3. The molecule has 0 unspecified atom stereocenters. The summed E-state index contributed by atoms with van der Waals surface area (Å²) < 4.78 is 3.91. The summed E-state index contributed by atoms with van der Waals surface area (Å²) in [6.07, 6.45) is 1.62. The van der Waals surface area contributed by atoms with Gasteiger partial charge in [0.05, 0.1) is 11.4 Å². The zero-order chi connectivity index (χ0) is 21.1. The van der Waals surface area contributed by atoms with Crippen molar-refractivity contribution in [2.75, 3.05) is 0 Å². The number of rotatable bonds is 4. The summed E-state index contributed by atoms with van der Waals surface area (Å²) >= 11 is 0. The Bertz CT molecular complexity index is 1290. The maximum atomic E-state index is 10.3. The van der Waals surface area contributed by atoms with Crippen LogP contribution < -0.4 is 5.49 Å². The van der Waals surface area contributed by atoms with Crippen LogP contribution in [0.3, 0.4) is 0 Å². The van der Waals surface area contributed by atoms with Crippen molar-refractivity contribution in [3.8, 4) is 17.2 Å². The molecule has 0 bridgehead atoms. The molecule has 0 fully saturated rings. The van der Waals surface area contributed by atoms with Gasteiger partial charge in [0.2, 0.25) is 0 Å². The van der Waals surface area contributed by atoms with Gasteiger partial charge in [-0.25, -0.2) is 9.67 Å². The second-order valence-corrected chi connectivity index (χ2v) is 6.85. The molecule has 0 aliphatic rings. The third-order valence-corrected chi connectivity index (χ3v) is 4.92. The minimum Gasteiger partial charge on any atom is -0.507 e. The van der Waals surface area contributed by atoms with Crippen LogP contribution in [0.4, 0.5) is 11.4 Å². The molecule has 4 aromatic rings. The van der Waals surface area contributed by atoms with Crippen LogP contribution in [0.15, 0.2) is 88.8 Å². The normalized spacial score (nSPS) is 11.6. The molecule has 0 spiro atoms. The van der Waals surface area contributed by atoms with Crippen molar-refractivity contribution in [1.82, 2.24) is 9.36 Å². The first kappa shape index (κ1) is 22.3. The third kappa shape index (κ3) is 4.52. The van der Waals surface area contributed by atoms with Crippen LogP contribution >= 0.6 is 0 Å². The number of phenolic OH excluding ortho intramolecular Hbond substituents is 2. The number of aromatic nitrogens is 2. The first-order chi connectivity index (χ1) is 14.6. The molecule has 0 radical (unpaired) electrons. The summed E-state index contributed by atoms with van der Waals surface area (Å²) in [6.45, 7) is 1.96. The van der Waals surface area contributed by atoms with Gasteiger partial charge in [0.15, 0.2) is 5.49 Å². The van der Waals surface area contributed by atoms with E-state index in [1.165, 1.54) is 0 Å². The number of benzene rings is 3. The molecule has 1 heterocycles. The number of hydrogen-bond acceptors (Lipinski definition) is 4. The molecule has 0 saturated carbocycles. The van der Waals surface area contributed by atoms with Crippen molar-refractivity contribution >= 4 is 17.6 Å². The van der Waals surface area contributed by atoms with Crippen molar-refractivity contribution in [2.24, 2.45) is 17.0 Å². The largest absolute Gasteiger partial charge is 0.507 e. The fourth-order valence-corrected chi connectivity index (χ4v) is 3.23. The van der Waals surface area contributed by atoms with Crippen molar-refractivity contribution in [3.63, 3.8) is 0 Å². The van der Waals surface area contributed by atoms with Crippen LogP contribution in [-0.4, -0.2) is 25.8 Å². The van der Waals surface area contributed by atoms with Gasteiger partial charge in [-0.2, -0.15) is 0 Å². The molecule has 0 aliphatic carbocycles. The van der Waals surface area contributed by atoms with E-state index in [1.54, 1.807) is 42.6 Å². The molecule has 0 saturated heterocycles. The second-order valence-electron chi connectivity index (χ2n) is 6.85. The van der Waals surface area contributed by atoms with E-state index in [9.17, 15) is 10.2 Å². The minimum atomic E-state index is 0. The van der Waals surface area contributed by atoms with Gasteiger partial charge in [-0.05, 0) is 43.3 Å². The SMILES string of the molecule is Cc1c(N=Cc2ccccc2O)c(=Nc2ccccc2O)n(-c2ccccc2)n1C.[Zn]. The molecule has 31 heavy (non-hydrogen) atoms. The van der Waals surface area contributed by atoms with E-state index in [0.717, 1.165) is 11.4 Å². The van der Waals surface area contributed by atoms with Gasteiger partial charge in [-0.1, -0.05) is 42.5 Å². The van der Waals surface area contributed by atoms with E-state index in [1.807, 2.05) is 65.8 Å². The van der Waals surface area contributed by atoms with Crippen LogP contribution in [0.5, 0.6) is 11.5 Å². The molecule has 7 heteroatoms. The number of nitrogens with zero attached hydrogens (tertiary/aromatic N) is 4. The van der Waals surface area contributed by atoms with Gasteiger partial charge in [-0.15, -0.1) is 0 Å². The Hall–Kier alpha value is -3.44. The van der Waals surface area contributed by atoms with Gasteiger partial charge in [0.25, 0.3) is 0 Å². The molecule has 2 N–H and O–H groups in total. The Balaban J connectivity index is 0.00000272. The van der Waals surface area contributed by atoms with Gasteiger partial charge in [0.1, 0.15) is 22.9 Å². The van der Waals surface area contributed by atoms with Crippen LogP contribution in [0, 0.1) is 6.92 Å². The Kier molecular flexibility index (Phi) is 6.88. The Labute approximate surface area is 193 Å². The molecule has 0 amide bonds. The molecule has 1 aromatic heterocycles. The van der Waals surface area contributed by atoms with Crippen LogP contribution in [0.2, 0.25) is 0 Å². The van der Waals surface area contributed by atoms with Gasteiger partial charge >= 0.3 is 0 Å². The first-order valence-corrected chi connectivity index (χ1v) is 9.55. The second kappa shape index (κ2) is 9.58. The van der Waals surface area contributed by atoms with E-state index in [-0.39, 0.29) is 31.0 Å². The molecule has 3 aromatic carbocycles. The molecule has 4 rings (SSSR count). The fraction of sp³-hybridized carbons (Fsp3) is 0.0833. The zero-order valence-electron chi connectivity index (χ0n) is 17.5. The summed E-state index contributed by atoms with van der Waals surface area (Å²) in [6, 6.07) is 23.8. The standard InChI is InChI=1S/C24H22N4O2.Zn/c1-17-23(25-16-18-10-6-8-14-21(18)29)24(26-20-13-7-9-15-22(20)30)28(27(17)2)19-11-4-3-5-12-19;/h3-16,29-30H,1-2H3;. The van der Waals surface area contributed by atoms with Crippen molar-refractivity contribution < 1.29 is 29.7 Å². The maximum Gasteiger partial charge on any atom is 0.180 e. The van der Waals surface area contributed by atoms with E-state index in [2.05, 4.69) is 4.99 Å². The summed E-state index contributed by atoms with van der Waals surface area (Å²) in [4.78, 5) is 9.42. The Morgan fingerprint density at radius 2 is 1.42 bits per heavy atom. The summed E-state index contributed by atoms with van der Waals surface area (Å²) in [7, 11) is 1.94. The quantitative estimate of drug-likeness (QED) is 0.345. The summed E-state index contributed by atoms with van der Waals surface area (Å²) in [5.74, 6) is 0.249. The van der Waals surface area contributed by atoms with Crippen LogP contribution in [-0.2, 0) is 26.5 Å². The average molecular weight is 464 g/mol. The molecule has 152 valence electrons. The van der Waals surface area contributed by atoms with Crippen molar-refractivity contribution in [3.05, 3.63) is 95.6 Å². The first-order valence-electron chi connectivity index (χ1n) is 9.55. The van der Waals surface area contributed by atoms with E-state index >= 15 is 0 Å². The fourth-order valence-electron chi connectivity index (χ4n) is 3.23. The number of para-hydroxylation sites is 4. The van der Waals surface area contributed by atoms with Crippen LogP contribution in [0.25, 0.3) is 5.69 Å². The zero-order valence-corrected chi connectivity index (χ0v) is 20.4. The number of aromatic hydroxyl groups is 2. The van der Waals surface area contributed by atoms with Crippen molar-refractivity contribution in [2.45, 2.75) is 6.92 Å². The number of phenols is 2. The summed E-state index contributed by atoms with van der Waals surface area (Å²) in [5.41, 5.74) is 4.09. The monoisotopic (exact) mass is 462 g/mol. The number of hydrogen-bond donors (Lipinski definition) is 2. The van der Waals surface area contributed by atoms with E-state index < -0.39 is 0 Å². The third-order valence-electron chi connectivity index (χ3n) is 4.92. The predicted molar refractivity (Wildman–Crippen MR) is 118 cm³/mol. The van der Waals surface area contributed by atoms with Gasteiger partial charge in [0, 0.05) is 38.3 Å². The smallest absolute Gasteiger partial charge is 0.180 e. The molecule has 0 atom stereocenters. The van der Waals surface area contributed by atoms with E-state index in [0.29, 0.717) is 22.4 Å². The molecule has 0 aliphatic heterocycles. The predicted octanol–water partition coefficient (Wildman–Crippen LogP) is 4.52. The van der Waals surface area contributed by atoms with Crippen LogP contribution in [0.1, 0.15) is 11.3 Å². The van der Waals surface area contributed by atoms with Crippen molar-refractivity contribution in [1.29, 1.82) is 0 Å². The average Bonchev–Trinajstić information content (AvgIpc) is 2.99. The van der Waals surface area contributed by atoms with Gasteiger partial charge in [-0.3, -0.25) is 9.67 Å².